The number of aryl methyl sites for hydroxylation is 1. The SMILES string of the molecule is Cc1cc(NC(=O)c2ccc(=O)oc2)ccc1C#CCO. The van der Waals surface area contributed by atoms with E-state index in [0.29, 0.717) is 5.69 Å². The second-order valence-corrected chi connectivity index (χ2v) is 4.29. The van der Waals surface area contributed by atoms with Crippen molar-refractivity contribution in [3.8, 4) is 11.8 Å². The molecule has 5 nitrogen and oxygen atoms in total. The van der Waals surface area contributed by atoms with Crippen molar-refractivity contribution in [2.45, 2.75) is 6.92 Å². The van der Waals surface area contributed by atoms with Crippen LogP contribution in [0.5, 0.6) is 0 Å². The van der Waals surface area contributed by atoms with Crippen molar-refractivity contribution < 1.29 is 14.3 Å². The number of carbonyl (C=O) groups excluding carboxylic acids is 1. The zero-order valence-electron chi connectivity index (χ0n) is 11.3. The second-order valence-electron chi connectivity index (χ2n) is 4.29. The second kappa shape index (κ2) is 6.55. The fraction of sp³-hybridized carbons (Fsp3) is 0.125. The Morgan fingerprint density at radius 2 is 2.14 bits per heavy atom. The van der Waals surface area contributed by atoms with E-state index < -0.39 is 5.63 Å². The van der Waals surface area contributed by atoms with E-state index >= 15 is 0 Å². The molecule has 0 atom stereocenters. The van der Waals surface area contributed by atoms with Crippen LogP contribution >= 0.6 is 0 Å². The standard InChI is InChI=1S/C16H13NO4/c1-11-9-14(6-4-12(11)3-2-8-18)17-16(20)13-5-7-15(19)21-10-13/h4-7,9-10,18H,8H2,1H3,(H,17,20). The molecule has 0 spiro atoms. The van der Waals surface area contributed by atoms with Gasteiger partial charge in [0.15, 0.2) is 0 Å². The molecule has 0 aliphatic rings. The Morgan fingerprint density at radius 1 is 1.33 bits per heavy atom. The van der Waals surface area contributed by atoms with Crippen molar-refractivity contribution in [2.75, 3.05) is 11.9 Å². The normalized spacial score (nSPS) is 9.62. The zero-order chi connectivity index (χ0) is 15.2. The minimum atomic E-state index is -0.505. The average molecular weight is 283 g/mol. The molecule has 0 bridgehead atoms. The Balaban J connectivity index is 2.16. The highest BCUT2D eigenvalue weighted by molar-refractivity contribution is 6.03. The number of benzene rings is 1. The van der Waals surface area contributed by atoms with Crippen molar-refractivity contribution in [1.29, 1.82) is 0 Å². The lowest BCUT2D eigenvalue weighted by Gasteiger charge is -2.06. The van der Waals surface area contributed by atoms with Gasteiger partial charge in [-0.05, 0) is 36.8 Å². The van der Waals surface area contributed by atoms with E-state index in [-0.39, 0.29) is 18.1 Å². The van der Waals surface area contributed by atoms with E-state index in [1.807, 2.05) is 6.92 Å². The predicted octanol–water partition coefficient (Wildman–Crippen LogP) is 1.54. The summed E-state index contributed by atoms with van der Waals surface area (Å²) in [7, 11) is 0. The van der Waals surface area contributed by atoms with Gasteiger partial charge in [-0.15, -0.1) is 0 Å². The molecule has 2 aromatic rings. The third-order valence-corrected chi connectivity index (χ3v) is 2.75. The lowest BCUT2D eigenvalue weighted by molar-refractivity contribution is 0.102. The predicted molar refractivity (Wildman–Crippen MR) is 78.1 cm³/mol. The van der Waals surface area contributed by atoms with Crippen LogP contribution in [-0.4, -0.2) is 17.6 Å². The minimum absolute atomic E-state index is 0.197. The Kier molecular flexibility index (Phi) is 4.54. The summed E-state index contributed by atoms with van der Waals surface area (Å²) in [5, 5.41) is 11.4. The van der Waals surface area contributed by atoms with Crippen molar-refractivity contribution in [3.63, 3.8) is 0 Å². The molecule has 21 heavy (non-hydrogen) atoms. The van der Waals surface area contributed by atoms with E-state index in [9.17, 15) is 9.59 Å². The summed E-state index contributed by atoms with van der Waals surface area (Å²) < 4.78 is 4.65. The molecule has 0 unspecified atom stereocenters. The van der Waals surface area contributed by atoms with Gasteiger partial charge in [0, 0.05) is 17.3 Å². The molecule has 5 heteroatoms. The Hall–Kier alpha value is -2.84. The number of aliphatic hydroxyl groups excluding tert-OH is 1. The van der Waals surface area contributed by atoms with Gasteiger partial charge in [-0.25, -0.2) is 4.79 Å². The maximum atomic E-state index is 12.0. The number of anilines is 1. The number of rotatable bonds is 2. The smallest absolute Gasteiger partial charge is 0.335 e. The largest absolute Gasteiger partial charge is 0.430 e. The first kappa shape index (κ1) is 14.6. The molecule has 106 valence electrons. The molecule has 1 amide bonds. The van der Waals surface area contributed by atoms with E-state index in [2.05, 4.69) is 21.6 Å². The van der Waals surface area contributed by atoms with Crippen LogP contribution < -0.4 is 10.9 Å². The summed E-state index contributed by atoms with van der Waals surface area (Å²) in [5.41, 5.74) is 2.03. The molecule has 2 N–H and O–H groups in total. The van der Waals surface area contributed by atoms with E-state index in [4.69, 9.17) is 5.11 Å². The number of amides is 1. The number of nitrogens with one attached hydrogen (secondary N) is 1. The monoisotopic (exact) mass is 283 g/mol. The molecule has 2 rings (SSSR count). The van der Waals surface area contributed by atoms with Crippen molar-refractivity contribution in [3.05, 3.63) is 63.7 Å². The van der Waals surface area contributed by atoms with Crippen LogP contribution in [0, 0.1) is 18.8 Å². The molecule has 0 aliphatic heterocycles. The van der Waals surface area contributed by atoms with Gasteiger partial charge < -0.3 is 14.8 Å². The Bertz CT molecular complexity index is 760. The molecule has 0 saturated carbocycles. The third-order valence-electron chi connectivity index (χ3n) is 2.75. The first-order chi connectivity index (χ1) is 10.1. The van der Waals surface area contributed by atoms with Crippen LogP contribution in [-0.2, 0) is 0 Å². The highest BCUT2D eigenvalue weighted by Crippen LogP contribution is 2.15. The molecule has 0 radical (unpaired) electrons. The lowest BCUT2D eigenvalue weighted by atomic mass is 10.1. The minimum Gasteiger partial charge on any atom is -0.430 e. The van der Waals surface area contributed by atoms with Gasteiger partial charge in [0.1, 0.15) is 12.9 Å². The van der Waals surface area contributed by atoms with E-state index in [1.54, 1.807) is 18.2 Å². The molecule has 0 saturated heterocycles. The van der Waals surface area contributed by atoms with Crippen molar-refractivity contribution in [1.82, 2.24) is 0 Å². The van der Waals surface area contributed by atoms with Crippen LogP contribution in [0.3, 0.4) is 0 Å². The summed E-state index contributed by atoms with van der Waals surface area (Å²) in [5.74, 6) is 5.02. The number of hydrogen-bond donors (Lipinski definition) is 2. The molecule has 0 fully saturated rings. The molecule has 1 aromatic carbocycles. The van der Waals surface area contributed by atoms with Gasteiger partial charge >= 0.3 is 5.63 Å². The Labute approximate surface area is 121 Å². The molecule has 1 heterocycles. The van der Waals surface area contributed by atoms with E-state index in [0.717, 1.165) is 17.4 Å². The summed E-state index contributed by atoms with van der Waals surface area (Å²) in [6.45, 7) is 1.66. The average Bonchev–Trinajstić information content (AvgIpc) is 2.47. The van der Waals surface area contributed by atoms with Crippen LogP contribution in [0.25, 0.3) is 0 Å². The summed E-state index contributed by atoms with van der Waals surface area (Å²) in [6, 6.07) is 7.84. The highest BCUT2D eigenvalue weighted by Gasteiger charge is 2.07. The number of carbonyl (C=O) groups is 1. The summed E-state index contributed by atoms with van der Waals surface area (Å²) >= 11 is 0. The van der Waals surface area contributed by atoms with Gasteiger partial charge in [0.25, 0.3) is 5.91 Å². The molecular weight excluding hydrogens is 270 g/mol. The third kappa shape index (κ3) is 3.81. The quantitative estimate of drug-likeness (QED) is 0.819. The van der Waals surface area contributed by atoms with Crippen LogP contribution in [0.1, 0.15) is 21.5 Å². The highest BCUT2D eigenvalue weighted by atomic mass is 16.4. The van der Waals surface area contributed by atoms with Crippen LogP contribution in [0.2, 0.25) is 0 Å². The maximum absolute atomic E-state index is 12.0. The summed E-state index contributed by atoms with van der Waals surface area (Å²) in [4.78, 5) is 22.8. The maximum Gasteiger partial charge on any atom is 0.335 e. The van der Waals surface area contributed by atoms with Gasteiger partial charge in [-0.1, -0.05) is 11.8 Å². The first-order valence-electron chi connectivity index (χ1n) is 6.21. The van der Waals surface area contributed by atoms with Gasteiger partial charge in [-0.2, -0.15) is 0 Å². The first-order valence-corrected chi connectivity index (χ1v) is 6.21. The van der Waals surface area contributed by atoms with Crippen LogP contribution in [0.4, 0.5) is 5.69 Å². The van der Waals surface area contributed by atoms with Gasteiger partial charge in [0.05, 0.1) is 5.56 Å². The molecular formula is C16H13NO4. The van der Waals surface area contributed by atoms with E-state index in [1.165, 1.54) is 12.1 Å². The lowest BCUT2D eigenvalue weighted by Crippen LogP contribution is -2.13. The fourth-order valence-electron chi connectivity index (χ4n) is 1.71. The fourth-order valence-corrected chi connectivity index (χ4v) is 1.71. The number of hydrogen-bond acceptors (Lipinski definition) is 4. The van der Waals surface area contributed by atoms with Gasteiger partial charge in [-0.3, -0.25) is 4.79 Å². The zero-order valence-corrected chi connectivity index (χ0v) is 11.3. The number of aliphatic hydroxyl groups is 1. The molecule has 0 aliphatic carbocycles. The van der Waals surface area contributed by atoms with Crippen LogP contribution in [0.15, 0.2) is 45.8 Å². The summed E-state index contributed by atoms with van der Waals surface area (Å²) in [6.07, 6.45) is 1.12. The molecule has 1 aromatic heterocycles. The Morgan fingerprint density at radius 3 is 2.76 bits per heavy atom. The van der Waals surface area contributed by atoms with Crippen molar-refractivity contribution in [2.24, 2.45) is 0 Å². The van der Waals surface area contributed by atoms with Gasteiger partial charge in [0.2, 0.25) is 0 Å². The van der Waals surface area contributed by atoms with Crippen molar-refractivity contribution >= 4 is 11.6 Å². The topological polar surface area (TPSA) is 79.5 Å².